The first-order valence-electron chi connectivity index (χ1n) is 15.0. The quantitative estimate of drug-likeness (QED) is 0.241. The first-order chi connectivity index (χ1) is 20.7. The number of aryl methyl sites for hydroxylation is 2. The molecule has 4 heterocycles. The van der Waals surface area contributed by atoms with E-state index in [0.717, 1.165) is 56.9 Å². The van der Waals surface area contributed by atoms with Crippen LogP contribution in [0.15, 0.2) is 28.7 Å². The Labute approximate surface area is 254 Å². The lowest BCUT2D eigenvalue weighted by molar-refractivity contribution is 0.0990. The van der Waals surface area contributed by atoms with Crippen LogP contribution in [0.2, 0.25) is 19.1 Å². The molecule has 2 aromatic heterocycles. The van der Waals surface area contributed by atoms with Gasteiger partial charge in [-0.2, -0.15) is 9.97 Å². The van der Waals surface area contributed by atoms with Crippen LogP contribution in [-0.2, 0) is 6.42 Å². The number of likely N-dealkylation sites (N-methyl/N-ethyl adjacent to an activating group) is 1. The third-order valence-electron chi connectivity index (χ3n) is 8.39. The Morgan fingerprint density at radius 1 is 1.07 bits per heavy atom. The minimum atomic E-state index is -1.50. The number of anilines is 2. The summed E-state index contributed by atoms with van der Waals surface area (Å²) in [7, 11) is 3.63. The van der Waals surface area contributed by atoms with Crippen LogP contribution in [0.25, 0.3) is 0 Å². The van der Waals surface area contributed by atoms with Crippen molar-refractivity contribution >= 4 is 30.8 Å². The zero-order chi connectivity index (χ0) is 30.6. The predicted octanol–water partition coefficient (Wildman–Crippen LogP) is 4.35. The first kappa shape index (κ1) is 30.8. The second-order valence-electron chi connectivity index (χ2n) is 12.1. The van der Waals surface area contributed by atoms with Crippen molar-refractivity contribution in [2.75, 3.05) is 71.2 Å². The fraction of sp³-hybridized carbons (Fsp3) is 0.516. The molecule has 0 radical (unpaired) electrons. The molecule has 12 heteroatoms. The normalized spacial score (nSPS) is 16.8. The minimum Gasteiger partial charge on any atom is -0.479 e. The van der Waals surface area contributed by atoms with Gasteiger partial charge >= 0.3 is 0 Å². The standard InChI is InChI=1S/C31H44N6O5Si/c1-21-19-22-9-7-18-43(5,6)25(22)20-24(21)42-26-11-10-23(41-26)28(38)33-27-29(39-3)34-31(35-30(27)40-4)32-12-8-13-37-16-14-36(2)15-17-37/h10-11,19-20H,7-9,12-18H2,1-6H3,(H,33,38)(H,32,34,35). The van der Waals surface area contributed by atoms with Crippen LogP contribution in [0, 0.1) is 6.92 Å². The summed E-state index contributed by atoms with van der Waals surface area (Å²) in [6.45, 7) is 12.9. The van der Waals surface area contributed by atoms with E-state index >= 15 is 0 Å². The van der Waals surface area contributed by atoms with Crippen molar-refractivity contribution in [3.63, 3.8) is 0 Å². The van der Waals surface area contributed by atoms with Crippen molar-refractivity contribution < 1.29 is 23.4 Å². The molecule has 1 fully saturated rings. The van der Waals surface area contributed by atoms with Crippen LogP contribution in [0.4, 0.5) is 11.6 Å². The number of rotatable bonds is 11. The molecule has 0 spiro atoms. The molecule has 43 heavy (non-hydrogen) atoms. The van der Waals surface area contributed by atoms with E-state index in [1.165, 1.54) is 37.4 Å². The van der Waals surface area contributed by atoms with Gasteiger partial charge < -0.3 is 39.1 Å². The monoisotopic (exact) mass is 608 g/mol. The van der Waals surface area contributed by atoms with Crippen molar-refractivity contribution in [2.45, 2.75) is 45.3 Å². The zero-order valence-corrected chi connectivity index (χ0v) is 27.2. The fourth-order valence-electron chi connectivity index (χ4n) is 5.81. The van der Waals surface area contributed by atoms with Gasteiger partial charge in [0.05, 0.1) is 22.3 Å². The van der Waals surface area contributed by atoms with Crippen molar-refractivity contribution in [3.05, 3.63) is 41.2 Å². The van der Waals surface area contributed by atoms with E-state index in [0.29, 0.717) is 12.5 Å². The number of fused-ring (bicyclic) bond motifs is 1. The van der Waals surface area contributed by atoms with Gasteiger partial charge in [-0.05, 0) is 56.6 Å². The van der Waals surface area contributed by atoms with Gasteiger partial charge in [-0.1, -0.05) is 36.8 Å². The predicted molar refractivity (Wildman–Crippen MR) is 170 cm³/mol. The number of nitrogens with one attached hydrogen (secondary N) is 2. The van der Waals surface area contributed by atoms with Gasteiger partial charge in [0.2, 0.25) is 17.7 Å². The highest BCUT2D eigenvalue weighted by Crippen LogP contribution is 2.34. The van der Waals surface area contributed by atoms with Crippen LogP contribution in [-0.4, -0.2) is 94.3 Å². The Kier molecular flexibility index (Phi) is 9.58. The van der Waals surface area contributed by atoms with Crippen LogP contribution in [0.1, 0.15) is 34.5 Å². The molecule has 0 atom stereocenters. The summed E-state index contributed by atoms with van der Waals surface area (Å²) in [5.41, 5.74) is 2.70. The number of carbonyl (C=O) groups is 1. The van der Waals surface area contributed by atoms with Crippen LogP contribution >= 0.6 is 0 Å². The molecule has 0 bridgehead atoms. The van der Waals surface area contributed by atoms with E-state index in [1.807, 2.05) is 6.92 Å². The summed E-state index contributed by atoms with van der Waals surface area (Å²) in [6.07, 6.45) is 3.31. The molecule has 1 saturated heterocycles. The van der Waals surface area contributed by atoms with E-state index in [2.05, 4.69) is 62.7 Å². The number of furan rings is 1. The maximum absolute atomic E-state index is 13.2. The number of aromatic nitrogens is 2. The number of benzene rings is 1. The van der Waals surface area contributed by atoms with Crippen molar-refractivity contribution in [1.29, 1.82) is 0 Å². The van der Waals surface area contributed by atoms with Gasteiger partial charge in [0.25, 0.3) is 11.9 Å². The molecule has 232 valence electrons. The maximum Gasteiger partial charge on any atom is 0.291 e. The van der Waals surface area contributed by atoms with E-state index < -0.39 is 14.0 Å². The first-order valence-corrected chi connectivity index (χ1v) is 18.3. The topological polar surface area (TPSA) is 114 Å². The number of ether oxygens (including phenoxy) is 3. The fourth-order valence-corrected chi connectivity index (χ4v) is 8.73. The highest BCUT2D eigenvalue weighted by molar-refractivity contribution is 6.90. The van der Waals surface area contributed by atoms with Gasteiger partial charge in [-0.25, -0.2) is 0 Å². The lowest BCUT2D eigenvalue weighted by Crippen LogP contribution is -2.46. The number of nitrogens with zero attached hydrogens (tertiary/aromatic N) is 4. The molecule has 5 rings (SSSR count). The van der Waals surface area contributed by atoms with E-state index in [4.69, 9.17) is 18.6 Å². The van der Waals surface area contributed by atoms with E-state index in [1.54, 1.807) is 12.1 Å². The number of hydrogen-bond donors (Lipinski definition) is 2. The third-order valence-corrected chi connectivity index (χ3v) is 11.9. The summed E-state index contributed by atoms with van der Waals surface area (Å²) in [6, 6.07) is 8.91. The maximum atomic E-state index is 13.2. The number of hydrogen-bond acceptors (Lipinski definition) is 10. The lowest BCUT2D eigenvalue weighted by Gasteiger charge is -2.32. The molecule has 11 nitrogen and oxygen atoms in total. The molecule has 2 aliphatic heterocycles. The van der Waals surface area contributed by atoms with Gasteiger partial charge in [0.1, 0.15) is 5.75 Å². The van der Waals surface area contributed by atoms with Crippen molar-refractivity contribution in [1.82, 2.24) is 19.8 Å². The molecule has 3 aromatic rings. The average molecular weight is 609 g/mol. The highest BCUT2D eigenvalue weighted by atomic mass is 28.3. The molecule has 0 unspecified atom stereocenters. The molecular formula is C31H44N6O5Si. The van der Waals surface area contributed by atoms with Crippen LogP contribution < -0.4 is 30.0 Å². The minimum absolute atomic E-state index is 0.0792. The van der Waals surface area contributed by atoms with Crippen LogP contribution in [0.3, 0.4) is 0 Å². The smallest absolute Gasteiger partial charge is 0.291 e. The molecule has 2 N–H and O–H groups in total. The molecule has 1 aromatic carbocycles. The summed E-state index contributed by atoms with van der Waals surface area (Å²) in [5, 5.41) is 7.47. The second-order valence-corrected chi connectivity index (χ2v) is 16.9. The van der Waals surface area contributed by atoms with Gasteiger partial charge in [0.15, 0.2) is 11.4 Å². The van der Waals surface area contributed by atoms with Crippen LogP contribution in [0.5, 0.6) is 23.5 Å². The SMILES string of the molecule is COc1nc(NCCCN2CCN(C)CC2)nc(OC)c1NC(=O)c1ccc(Oc2cc3c(cc2C)CCC[Si]3(C)C)o1. The van der Waals surface area contributed by atoms with E-state index in [9.17, 15) is 4.79 Å². The number of carbonyl (C=O) groups excluding carboxylic acids is 1. The number of piperazine rings is 1. The van der Waals surface area contributed by atoms with Crippen molar-refractivity contribution in [2.24, 2.45) is 0 Å². The third kappa shape index (κ3) is 7.31. The molecule has 0 aliphatic carbocycles. The molecule has 2 aliphatic rings. The molecule has 1 amide bonds. The van der Waals surface area contributed by atoms with Gasteiger partial charge in [0, 0.05) is 38.8 Å². The Hall–Kier alpha value is -3.61. The Balaban J connectivity index is 1.22. The summed E-state index contributed by atoms with van der Waals surface area (Å²) in [4.78, 5) is 26.9. The van der Waals surface area contributed by atoms with Gasteiger partial charge in [-0.15, -0.1) is 0 Å². The average Bonchev–Trinajstić information content (AvgIpc) is 3.46. The second kappa shape index (κ2) is 13.4. The van der Waals surface area contributed by atoms with E-state index in [-0.39, 0.29) is 29.2 Å². The Bertz CT molecular complexity index is 1410. The Morgan fingerprint density at radius 2 is 1.79 bits per heavy atom. The zero-order valence-electron chi connectivity index (χ0n) is 26.2. The molecule has 0 saturated carbocycles. The summed E-state index contributed by atoms with van der Waals surface area (Å²) >= 11 is 0. The lowest BCUT2D eigenvalue weighted by atomic mass is 10.1. The van der Waals surface area contributed by atoms with Gasteiger partial charge in [-0.3, -0.25) is 4.79 Å². The summed E-state index contributed by atoms with van der Waals surface area (Å²) < 4.78 is 22.9. The molecular weight excluding hydrogens is 564 g/mol. The highest BCUT2D eigenvalue weighted by Gasteiger charge is 2.30. The summed E-state index contributed by atoms with van der Waals surface area (Å²) in [5.74, 6) is 1.31. The number of amides is 1. The van der Waals surface area contributed by atoms with Crippen molar-refractivity contribution in [3.8, 4) is 23.5 Å². The largest absolute Gasteiger partial charge is 0.479 e. The Morgan fingerprint density at radius 3 is 2.49 bits per heavy atom. The number of methoxy groups -OCH3 is 2.